The van der Waals surface area contributed by atoms with Crippen LogP contribution in [0.4, 0.5) is 0 Å². The van der Waals surface area contributed by atoms with Crippen molar-refractivity contribution in [3.63, 3.8) is 0 Å². The molecule has 2 radical (unpaired) electrons. The average Bonchev–Trinajstić information content (AvgIpc) is 3.86. The number of fused-ring (bicyclic) bond motifs is 6. The molecule has 8 aromatic carbocycles. The van der Waals surface area contributed by atoms with E-state index in [2.05, 4.69) is 145 Å². The molecule has 0 aliphatic heterocycles. The first kappa shape index (κ1) is 59.6. The van der Waals surface area contributed by atoms with Crippen LogP contribution in [0, 0.1) is 24.3 Å². The van der Waals surface area contributed by atoms with Crippen LogP contribution in [0.25, 0.3) is 65.9 Å². The topological polar surface area (TPSA) is 9.86 Å². The Morgan fingerprint density at radius 1 is 0.250 bits per heavy atom. The van der Waals surface area contributed by atoms with Crippen molar-refractivity contribution in [2.45, 2.75) is 69.2 Å². The molecule has 2 nitrogen and oxygen atoms in total. The van der Waals surface area contributed by atoms with Crippen LogP contribution in [0.5, 0.6) is 0 Å². The largest absolute Gasteiger partial charge is 0.344 e. The molecule has 0 spiro atoms. The standard InChI is InChI=1S/2C13H11N.2C12H8.5C2H6.2Y/c2*1-14-12-8-4-2-6-10(12)11-7-3-5-9-13(11)14;2*1-3-7-11(8-4-1)12-9-5-2-6-10-12;5*1-2;;/h2*2-9H,1H3;2*1-7,9H;5*1-2H3;;/q;;2*-2;;;;;;;. The van der Waals surface area contributed by atoms with Crippen LogP contribution >= 0.6 is 0 Å². The van der Waals surface area contributed by atoms with Crippen molar-refractivity contribution in [3.8, 4) is 22.3 Å². The molecule has 2 aromatic heterocycles. The van der Waals surface area contributed by atoms with E-state index < -0.39 is 0 Å². The second kappa shape index (κ2) is 35.9. The predicted octanol–water partition coefficient (Wildman–Crippen LogP) is 17.7. The van der Waals surface area contributed by atoms with Crippen LogP contribution in [0.1, 0.15) is 69.2 Å². The number of aryl methyl sites for hydroxylation is 2. The van der Waals surface area contributed by atoms with E-state index in [0.29, 0.717) is 0 Å². The second-order valence-electron chi connectivity index (χ2n) is 12.3. The number of hydrogen-bond donors (Lipinski definition) is 0. The number of hydrogen-bond acceptors (Lipinski definition) is 0. The monoisotopic (exact) mass is 994 g/mol. The Balaban J connectivity index is 0.000000769. The van der Waals surface area contributed by atoms with E-state index in [9.17, 15) is 0 Å². The molecule has 0 saturated carbocycles. The van der Waals surface area contributed by atoms with E-state index in [1.807, 2.05) is 166 Å². The van der Waals surface area contributed by atoms with Gasteiger partial charge in [-0.3, -0.25) is 0 Å². The summed E-state index contributed by atoms with van der Waals surface area (Å²) in [6.07, 6.45) is 0. The SMILES string of the molecule is CC.CC.CC.CC.CC.Cn1c2ccccc2c2ccccc21.Cn1c2ccccc2c2ccccc21.[Y].[Y].[c-]1ccccc1-c1[c-]cccc1.[c-]1ccccc1-c1[c-]cccc1. The molecule has 2 heterocycles. The third kappa shape index (κ3) is 17.2. The summed E-state index contributed by atoms with van der Waals surface area (Å²) < 4.78 is 4.48. The molecule has 0 amide bonds. The van der Waals surface area contributed by atoms with Crippen molar-refractivity contribution in [1.82, 2.24) is 9.13 Å². The van der Waals surface area contributed by atoms with Gasteiger partial charge in [-0.2, -0.15) is 97.1 Å². The fraction of sp³-hybridized carbons (Fsp3) is 0.200. The molecular weight excluding hydrogens is 926 g/mol. The van der Waals surface area contributed by atoms with E-state index in [1.54, 1.807) is 0 Å². The maximum absolute atomic E-state index is 3.15. The minimum atomic E-state index is 0. The van der Waals surface area contributed by atoms with Crippen molar-refractivity contribution in [2.24, 2.45) is 14.1 Å². The smallest absolute Gasteiger partial charge is 0.0488 e. The summed E-state index contributed by atoms with van der Waals surface area (Å²) >= 11 is 0. The molecule has 0 atom stereocenters. The van der Waals surface area contributed by atoms with Crippen molar-refractivity contribution in [2.75, 3.05) is 0 Å². The van der Waals surface area contributed by atoms with Gasteiger partial charge in [-0.15, -0.1) is 24.3 Å². The summed E-state index contributed by atoms with van der Waals surface area (Å²) in [6.45, 7) is 20.0. The van der Waals surface area contributed by atoms with Crippen molar-refractivity contribution in [1.29, 1.82) is 0 Å². The normalized spacial score (nSPS) is 9.00. The van der Waals surface area contributed by atoms with Crippen LogP contribution in [-0.2, 0) is 79.5 Å². The fourth-order valence-electron chi connectivity index (χ4n) is 6.48. The summed E-state index contributed by atoms with van der Waals surface area (Å²) in [4.78, 5) is 0. The Morgan fingerprint density at radius 3 is 0.594 bits per heavy atom. The second-order valence-corrected chi connectivity index (χ2v) is 12.3. The van der Waals surface area contributed by atoms with Gasteiger partial charge in [-0.25, -0.2) is 22.3 Å². The van der Waals surface area contributed by atoms with E-state index in [-0.39, 0.29) is 65.4 Å². The summed E-state index contributed by atoms with van der Waals surface area (Å²) in [6, 6.07) is 78.4. The maximum atomic E-state index is 3.15. The minimum Gasteiger partial charge on any atom is -0.344 e. The van der Waals surface area contributed by atoms with Gasteiger partial charge in [0.05, 0.1) is 0 Å². The minimum absolute atomic E-state index is 0. The van der Waals surface area contributed by atoms with Gasteiger partial charge in [0.15, 0.2) is 0 Å². The van der Waals surface area contributed by atoms with Gasteiger partial charge >= 0.3 is 0 Å². The Morgan fingerprint density at radius 2 is 0.422 bits per heavy atom. The molecular formula is C60H68N2Y2-4. The quantitative estimate of drug-likeness (QED) is 0.153. The first-order chi connectivity index (χ1) is 30.7. The van der Waals surface area contributed by atoms with Crippen LogP contribution in [0.2, 0.25) is 0 Å². The van der Waals surface area contributed by atoms with E-state index in [0.717, 1.165) is 22.3 Å². The van der Waals surface area contributed by atoms with Crippen molar-refractivity contribution >= 4 is 43.6 Å². The zero-order chi connectivity index (χ0) is 45.5. The summed E-state index contributed by atoms with van der Waals surface area (Å²) in [5.41, 5.74) is 9.58. The van der Waals surface area contributed by atoms with Gasteiger partial charge in [0, 0.05) is 123 Å². The third-order valence-corrected chi connectivity index (χ3v) is 9.06. The summed E-state index contributed by atoms with van der Waals surface area (Å²) in [7, 11) is 4.23. The first-order valence-electron chi connectivity index (χ1n) is 22.4. The number of rotatable bonds is 2. The molecule has 10 aromatic rings. The van der Waals surface area contributed by atoms with E-state index >= 15 is 0 Å². The van der Waals surface area contributed by atoms with Crippen LogP contribution in [-0.4, -0.2) is 9.13 Å². The van der Waals surface area contributed by atoms with Gasteiger partial charge in [0.2, 0.25) is 0 Å². The van der Waals surface area contributed by atoms with Crippen molar-refractivity contribution < 1.29 is 65.4 Å². The van der Waals surface area contributed by atoms with Gasteiger partial charge < -0.3 is 9.13 Å². The van der Waals surface area contributed by atoms with Crippen LogP contribution < -0.4 is 0 Å². The molecule has 0 N–H and O–H groups in total. The van der Waals surface area contributed by atoms with Gasteiger partial charge in [0.25, 0.3) is 0 Å². The predicted molar refractivity (Wildman–Crippen MR) is 277 cm³/mol. The van der Waals surface area contributed by atoms with Crippen molar-refractivity contribution in [3.05, 3.63) is 218 Å². The Hall–Kier alpha value is -4.43. The molecule has 10 rings (SSSR count). The van der Waals surface area contributed by atoms with E-state index in [1.165, 1.54) is 43.6 Å². The Labute approximate surface area is 437 Å². The Kier molecular flexibility index (Phi) is 33.4. The third-order valence-electron chi connectivity index (χ3n) is 9.06. The molecule has 64 heavy (non-hydrogen) atoms. The number of nitrogens with zero attached hydrogens (tertiary/aromatic N) is 2. The van der Waals surface area contributed by atoms with Gasteiger partial charge in [-0.1, -0.05) is 142 Å². The first-order valence-corrected chi connectivity index (χ1v) is 22.4. The zero-order valence-electron chi connectivity index (χ0n) is 40.5. The molecule has 0 bridgehead atoms. The van der Waals surface area contributed by atoms with Gasteiger partial charge in [-0.05, 0) is 24.3 Å². The molecule has 0 saturated heterocycles. The van der Waals surface area contributed by atoms with E-state index in [4.69, 9.17) is 0 Å². The average molecular weight is 995 g/mol. The molecule has 0 fully saturated rings. The number of aromatic nitrogens is 2. The van der Waals surface area contributed by atoms with Gasteiger partial charge in [0.1, 0.15) is 0 Å². The Bertz CT molecular complexity index is 2260. The molecule has 4 heteroatoms. The number of para-hydroxylation sites is 4. The van der Waals surface area contributed by atoms with Crippen LogP contribution in [0.3, 0.4) is 0 Å². The molecule has 328 valence electrons. The molecule has 0 aliphatic carbocycles. The molecule has 0 aliphatic rings. The summed E-state index contributed by atoms with van der Waals surface area (Å²) in [5, 5.41) is 5.35. The molecule has 0 unspecified atom stereocenters. The van der Waals surface area contributed by atoms with Crippen LogP contribution in [0.15, 0.2) is 194 Å². The fourth-order valence-corrected chi connectivity index (χ4v) is 6.48. The zero-order valence-corrected chi connectivity index (χ0v) is 46.2. The number of benzene rings is 8. The maximum Gasteiger partial charge on any atom is 0.0488 e. The summed E-state index contributed by atoms with van der Waals surface area (Å²) in [5.74, 6) is 0.